The number of aryl methyl sites for hydroxylation is 1. The summed E-state index contributed by atoms with van der Waals surface area (Å²) < 4.78 is 14.9. The molecule has 4 rings (SSSR count). The summed E-state index contributed by atoms with van der Waals surface area (Å²) >= 11 is 4.53. The number of aromatic nitrogens is 3. The van der Waals surface area contributed by atoms with Crippen molar-refractivity contribution in [2.45, 2.75) is 24.4 Å². The fourth-order valence-corrected chi connectivity index (χ4v) is 5.47. The van der Waals surface area contributed by atoms with E-state index in [0.717, 1.165) is 21.8 Å². The Morgan fingerprint density at radius 1 is 1.21 bits per heavy atom. The molecule has 0 aliphatic rings. The molecule has 0 radical (unpaired) electrons. The largest absolute Gasteiger partial charge is 0.283 e. The van der Waals surface area contributed by atoms with E-state index in [9.17, 15) is 9.18 Å². The number of benzene rings is 1. The number of fused-ring (bicyclic) bond motifs is 1. The Morgan fingerprint density at radius 3 is 2.68 bits per heavy atom. The topological polar surface area (TPSA) is 47.8 Å². The number of hydrogen-bond donors (Lipinski definition) is 0. The second-order valence-corrected chi connectivity index (χ2v) is 8.94. The third kappa shape index (κ3) is 3.67. The van der Waals surface area contributed by atoms with Crippen LogP contribution in [0.25, 0.3) is 21.3 Å². The first-order valence-electron chi connectivity index (χ1n) is 8.49. The first-order valence-corrected chi connectivity index (χ1v) is 11.2. The van der Waals surface area contributed by atoms with Crippen molar-refractivity contribution in [1.82, 2.24) is 14.5 Å². The van der Waals surface area contributed by atoms with Crippen LogP contribution < -0.4 is 5.56 Å². The maximum Gasteiger partial charge on any atom is 0.263 e. The SMILES string of the molecule is C=CCn1c(SCc2csc(C)n2)nc2scc(-c3ccc(F)cc3)c2c1=O. The van der Waals surface area contributed by atoms with Gasteiger partial charge in [-0.05, 0) is 24.6 Å². The minimum Gasteiger partial charge on any atom is -0.283 e. The average molecular weight is 430 g/mol. The van der Waals surface area contributed by atoms with E-state index in [1.165, 1.54) is 35.2 Å². The lowest BCUT2D eigenvalue weighted by Crippen LogP contribution is -2.22. The van der Waals surface area contributed by atoms with Crippen LogP contribution in [0.2, 0.25) is 0 Å². The molecule has 4 nitrogen and oxygen atoms in total. The normalized spacial score (nSPS) is 11.2. The summed E-state index contributed by atoms with van der Waals surface area (Å²) in [7, 11) is 0. The zero-order valence-electron chi connectivity index (χ0n) is 15.0. The highest BCUT2D eigenvalue weighted by Crippen LogP contribution is 2.33. The molecule has 142 valence electrons. The van der Waals surface area contributed by atoms with Gasteiger partial charge in [-0.15, -0.1) is 29.3 Å². The summed E-state index contributed by atoms with van der Waals surface area (Å²) in [6.07, 6.45) is 1.69. The third-order valence-corrected chi connectivity index (χ3v) is 6.85. The number of allylic oxidation sites excluding steroid dienone is 1. The maximum atomic E-state index is 13.3. The van der Waals surface area contributed by atoms with Crippen LogP contribution in [-0.4, -0.2) is 14.5 Å². The van der Waals surface area contributed by atoms with Crippen LogP contribution in [0.3, 0.4) is 0 Å². The number of nitrogens with zero attached hydrogens (tertiary/aromatic N) is 3. The van der Waals surface area contributed by atoms with Crippen LogP contribution in [0.5, 0.6) is 0 Å². The molecule has 8 heteroatoms. The molecular weight excluding hydrogens is 413 g/mol. The first kappa shape index (κ1) is 19.0. The van der Waals surface area contributed by atoms with E-state index in [1.807, 2.05) is 17.7 Å². The molecule has 1 aromatic carbocycles. The number of hydrogen-bond acceptors (Lipinski definition) is 6. The van der Waals surface area contributed by atoms with Crippen molar-refractivity contribution in [3.63, 3.8) is 0 Å². The fraction of sp³-hybridized carbons (Fsp3) is 0.150. The second kappa shape index (κ2) is 7.98. The average Bonchev–Trinajstić information content (AvgIpc) is 3.29. The molecule has 0 spiro atoms. The number of rotatable bonds is 6. The molecule has 3 aromatic heterocycles. The van der Waals surface area contributed by atoms with Crippen molar-refractivity contribution in [2.75, 3.05) is 0 Å². The summed E-state index contributed by atoms with van der Waals surface area (Å²) in [6.45, 7) is 6.12. The molecule has 0 aliphatic carbocycles. The van der Waals surface area contributed by atoms with Crippen LogP contribution in [0.15, 0.2) is 57.6 Å². The highest BCUT2D eigenvalue weighted by atomic mass is 32.2. The number of thiophene rings is 1. The van der Waals surface area contributed by atoms with Gasteiger partial charge < -0.3 is 0 Å². The molecule has 0 atom stereocenters. The molecular formula is C20H16FN3OS3. The van der Waals surface area contributed by atoms with Crippen LogP contribution in [0.4, 0.5) is 4.39 Å². The predicted octanol–water partition coefficient (Wildman–Crippen LogP) is 5.51. The Bertz CT molecular complexity index is 1210. The van der Waals surface area contributed by atoms with Gasteiger partial charge in [0.1, 0.15) is 10.6 Å². The quantitative estimate of drug-likeness (QED) is 0.230. The fourth-order valence-electron chi connectivity index (χ4n) is 2.86. The third-order valence-electron chi connectivity index (χ3n) is 4.14. The van der Waals surface area contributed by atoms with Gasteiger partial charge in [-0.1, -0.05) is 30.0 Å². The molecule has 28 heavy (non-hydrogen) atoms. The van der Waals surface area contributed by atoms with Crippen molar-refractivity contribution in [1.29, 1.82) is 0 Å². The minimum atomic E-state index is -0.304. The van der Waals surface area contributed by atoms with Crippen molar-refractivity contribution in [2.24, 2.45) is 0 Å². The maximum absolute atomic E-state index is 13.3. The van der Waals surface area contributed by atoms with E-state index in [1.54, 1.807) is 34.1 Å². The second-order valence-electron chi connectivity index (χ2n) is 6.08. The van der Waals surface area contributed by atoms with Crippen LogP contribution >= 0.6 is 34.4 Å². The lowest BCUT2D eigenvalue weighted by atomic mass is 10.1. The molecule has 0 amide bonds. The van der Waals surface area contributed by atoms with Gasteiger partial charge in [0.15, 0.2) is 5.16 Å². The van der Waals surface area contributed by atoms with Gasteiger partial charge in [0, 0.05) is 28.6 Å². The van der Waals surface area contributed by atoms with Gasteiger partial charge in [-0.3, -0.25) is 9.36 Å². The number of thiazole rings is 1. The zero-order chi connectivity index (χ0) is 19.7. The van der Waals surface area contributed by atoms with E-state index in [4.69, 9.17) is 4.98 Å². The summed E-state index contributed by atoms with van der Waals surface area (Å²) in [6, 6.07) is 6.16. The van der Waals surface area contributed by atoms with Crippen LogP contribution in [0, 0.1) is 12.7 Å². The molecule has 0 saturated carbocycles. The van der Waals surface area contributed by atoms with E-state index in [-0.39, 0.29) is 11.4 Å². The zero-order valence-corrected chi connectivity index (χ0v) is 17.5. The molecule has 0 unspecified atom stereocenters. The highest BCUT2D eigenvalue weighted by Gasteiger charge is 2.17. The number of thioether (sulfide) groups is 1. The summed E-state index contributed by atoms with van der Waals surface area (Å²) in [5.41, 5.74) is 2.45. The number of halogens is 1. The summed E-state index contributed by atoms with van der Waals surface area (Å²) in [4.78, 5) is 23.1. The van der Waals surface area contributed by atoms with Crippen molar-refractivity contribution >= 4 is 44.7 Å². The van der Waals surface area contributed by atoms with Crippen molar-refractivity contribution < 1.29 is 4.39 Å². The molecule has 4 aromatic rings. The molecule has 0 fully saturated rings. The van der Waals surface area contributed by atoms with E-state index < -0.39 is 0 Å². The molecule has 0 bridgehead atoms. The first-order chi connectivity index (χ1) is 13.6. The Labute approximate surface area is 173 Å². The highest BCUT2D eigenvalue weighted by molar-refractivity contribution is 7.98. The predicted molar refractivity (Wildman–Crippen MR) is 116 cm³/mol. The Balaban J connectivity index is 1.79. The summed E-state index contributed by atoms with van der Waals surface area (Å²) in [5.74, 6) is 0.344. The smallest absolute Gasteiger partial charge is 0.263 e. The molecule has 0 saturated heterocycles. The Morgan fingerprint density at radius 2 is 2.00 bits per heavy atom. The molecule has 3 heterocycles. The summed E-state index contributed by atoms with van der Waals surface area (Å²) in [5, 5.41) is 6.16. The van der Waals surface area contributed by atoms with Crippen LogP contribution in [-0.2, 0) is 12.3 Å². The Hall–Kier alpha value is -2.29. The van der Waals surface area contributed by atoms with Gasteiger partial charge in [0.2, 0.25) is 0 Å². The van der Waals surface area contributed by atoms with Gasteiger partial charge in [-0.2, -0.15) is 0 Å². The van der Waals surface area contributed by atoms with Crippen molar-refractivity contribution in [3.8, 4) is 11.1 Å². The minimum absolute atomic E-state index is 0.109. The van der Waals surface area contributed by atoms with Gasteiger partial charge in [0.05, 0.1) is 16.1 Å². The molecule has 0 aliphatic heterocycles. The van der Waals surface area contributed by atoms with E-state index >= 15 is 0 Å². The van der Waals surface area contributed by atoms with Gasteiger partial charge >= 0.3 is 0 Å². The lowest BCUT2D eigenvalue weighted by molar-refractivity contribution is 0.628. The van der Waals surface area contributed by atoms with E-state index in [0.29, 0.717) is 27.7 Å². The Kier molecular flexibility index (Phi) is 5.43. The van der Waals surface area contributed by atoms with Gasteiger partial charge in [-0.25, -0.2) is 14.4 Å². The monoisotopic (exact) mass is 429 g/mol. The van der Waals surface area contributed by atoms with E-state index in [2.05, 4.69) is 11.6 Å². The standard InChI is InChI=1S/C20H16FN3OS3/c1-3-8-24-19(25)17-16(13-4-6-14(21)7-5-13)11-27-18(17)23-20(24)28-10-15-9-26-12(2)22-15/h3-7,9,11H,1,8,10H2,2H3. The lowest BCUT2D eigenvalue weighted by Gasteiger charge is -2.10. The van der Waals surface area contributed by atoms with Gasteiger partial charge in [0.25, 0.3) is 5.56 Å². The van der Waals surface area contributed by atoms with Crippen molar-refractivity contribution in [3.05, 3.63) is 74.6 Å². The molecule has 0 N–H and O–H groups in total. The van der Waals surface area contributed by atoms with Crippen LogP contribution in [0.1, 0.15) is 10.7 Å².